The molecule has 40 heavy (non-hydrogen) atoms. The first-order chi connectivity index (χ1) is 19.4. The molecule has 0 spiro atoms. The number of nitrogens with one attached hydrogen (secondary N) is 3. The third-order valence-electron chi connectivity index (χ3n) is 6.70. The Morgan fingerprint density at radius 3 is 2.40 bits per heavy atom. The van der Waals surface area contributed by atoms with Crippen molar-refractivity contribution in [3.8, 4) is 0 Å². The number of hydrogen-bond donors (Lipinski definition) is 3. The molecule has 0 bridgehead atoms. The summed E-state index contributed by atoms with van der Waals surface area (Å²) in [7, 11) is 0. The van der Waals surface area contributed by atoms with Crippen LogP contribution in [0.15, 0.2) is 91.0 Å². The lowest BCUT2D eigenvalue weighted by Gasteiger charge is -2.28. The zero-order valence-electron chi connectivity index (χ0n) is 21.4. The van der Waals surface area contributed by atoms with Gasteiger partial charge in [0.05, 0.1) is 11.7 Å². The molecular formula is C31H27F2N3O3S. The second-order valence-electron chi connectivity index (χ2n) is 9.50. The van der Waals surface area contributed by atoms with Crippen molar-refractivity contribution in [2.45, 2.75) is 23.8 Å². The summed E-state index contributed by atoms with van der Waals surface area (Å²) in [5.74, 6) is -2.41. The number of fused-ring (bicyclic) bond motifs is 1. The van der Waals surface area contributed by atoms with Crippen LogP contribution >= 0.6 is 11.8 Å². The van der Waals surface area contributed by atoms with E-state index in [2.05, 4.69) is 16.0 Å². The van der Waals surface area contributed by atoms with Gasteiger partial charge in [0, 0.05) is 18.4 Å². The smallest absolute Gasteiger partial charge is 0.247 e. The maximum atomic E-state index is 13.8. The van der Waals surface area contributed by atoms with Crippen LogP contribution in [0.1, 0.15) is 28.0 Å². The van der Waals surface area contributed by atoms with Gasteiger partial charge in [0.15, 0.2) is 0 Å². The maximum absolute atomic E-state index is 13.8. The molecule has 204 valence electrons. The molecule has 0 unspecified atom stereocenters. The molecule has 3 atom stereocenters. The second-order valence-corrected chi connectivity index (χ2v) is 10.8. The van der Waals surface area contributed by atoms with E-state index in [1.54, 1.807) is 42.1 Å². The topological polar surface area (TPSA) is 87.3 Å². The van der Waals surface area contributed by atoms with Crippen molar-refractivity contribution in [3.63, 3.8) is 0 Å². The number of amides is 3. The predicted molar refractivity (Wildman–Crippen MR) is 151 cm³/mol. The molecule has 0 aliphatic carbocycles. The van der Waals surface area contributed by atoms with Crippen molar-refractivity contribution in [3.05, 3.63) is 119 Å². The minimum absolute atomic E-state index is 0.137. The molecule has 0 radical (unpaired) electrons. The Bertz CT molecular complexity index is 1520. The molecule has 5 rings (SSSR count). The molecule has 1 fully saturated rings. The van der Waals surface area contributed by atoms with E-state index in [0.717, 1.165) is 34.5 Å². The van der Waals surface area contributed by atoms with Crippen molar-refractivity contribution in [1.82, 2.24) is 16.0 Å². The lowest BCUT2D eigenvalue weighted by atomic mass is 9.97. The average Bonchev–Trinajstić information content (AvgIpc) is 3.12. The Labute approximate surface area is 234 Å². The summed E-state index contributed by atoms with van der Waals surface area (Å²) in [4.78, 5) is 40.0. The van der Waals surface area contributed by atoms with Crippen LogP contribution in [0.3, 0.4) is 0 Å². The van der Waals surface area contributed by atoms with Crippen molar-refractivity contribution < 1.29 is 23.2 Å². The summed E-state index contributed by atoms with van der Waals surface area (Å²) in [6.45, 7) is 0.459. The van der Waals surface area contributed by atoms with Gasteiger partial charge in [-0.25, -0.2) is 8.78 Å². The van der Waals surface area contributed by atoms with Crippen LogP contribution < -0.4 is 16.0 Å². The zero-order chi connectivity index (χ0) is 28.1. The molecule has 4 aromatic rings. The van der Waals surface area contributed by atoms with E-state index in [4.69, 9.17) is 0 Å². The highest BCUT2D eigenvalue weighted by molar-refractivity contribution is 7.99. The molecule has 1 aliphatic rings. The summed E-state index contributed by atoms with van der Waals surface area (Å²) >= 11 is 1.58. The molecule has 1 aliphatic heterocycles. The van der Waals surface area contributed by atoms with Crippen molar-refractivity contribution in [1.29, 1.82) is 0 Å². The molecule has 6 nitrogen and oxygen atoms in total. The van der Waals surface area contributed by atoms with Crippen LogP contribution in [-0.2, 0) is 20.8 Å². The minimum atomic E-state index is -1.14. The van der Waals surface area contributed by atoms with Crippen LogP contribution in [0, 0.1) is 11.6 Å². The summed E-state index contributed by atoms with van der Waals surface area (Å²) < 4.78 is 27.3. The molecule has 3 N–H and O–H groups in total. The van der Waals surface area contributed by atoms with E-state index in [1.165, 1.54) is 0 Å². The van der Waals surface area contributed by atoms with E-state index < -0.39 is 35.5 Å². The standard InChI is InChI=1S/C31H27F2N3O3S/c32-22-15-19(16-23(33)18-22)17-26(37)35-27(21-8-2-1-3-9-21)31(39)36-28-29(40-14-13-34-30(28)38)25-12-6-10-20-7-4-5-11-24(20)25/h1-12,15-16,18,27-29H,13-14,17H2,(H,34,38)(H,35,37)(H,36,39)/t27-,28-,29+/m0/s1. The molecule has 1 saturated heterocycles. The summed E-state index contributed by atoms with van der Waals surface area (Å²) in [6, 6.07) is 23.2. The van der Waals surface area contributed by atoms with Crippen molar-refractivity contribution in [2.75, 3.05) is 12.3 Å². The van der Waals surface area contributed by atoms with E-state index in [-0.39, 0.29) is 23.1 Å². The normalized spacial score (nSPS) is 17.9. The van der Waals surface area contributed by atoms with Gasteiger partial charge in [-0.15, -0.1) is 11.8 Å². The zero-order valence-corrected chi connectivity index (χ0v) is 22.2. The fourth-order valence-electron chi connectivity index (χ4n) is 4.91. The Kier molecular flexibility index (Phi) is 8.40. The first-order valence-corrected chi connectivity index (χ1v) is 13.9. The number of benzene rings is 4. The Balaban J connectivity index is 1.43. The molecular weight excluding hydrogens is 532 g/mol. The van der Waals surface area contributed by atoms with Gasteiger partial charge in [-0.1, -0.05) is 72.8 Å². The number of thioether (sulfide) groups is 1. The van der Waals surface area contributed by atoms with Gasteiger partial charge in [0.25, 0.3) is 0 Å². The van der Waals surface area contributed by atoms with Crippen LogP contribution in [0.2, 0.25) is 0 Å². The first-order valence-electron chi connectivity index (χ1n) is 12.9. The van der Waals surface area contributed by atoms with Gasteiger partial charge in [0.1, 0.15) is 23.7 Å². The lowest BCUT2D eigenvalue weighted by Crippen LogP contribution is -2.52. The lowest BCUT2D eigenvalue weighted by molar-refractivity contribution is -0.132. The van der Waals surface area contributed by atoms with Gasteiger partial charge in [-0.05, 0) is 39.6 Å². The first kappa shape index (κ1) is 27.3. The van der Waals surface area contributed by atoms with Crippen molar-refractivity contribution in [2.24, 2.45) is 0 Å². The maximum Gasteiger partial charge on any atom is 0.247 e. The molecule has 0 saturated carbocycles. The van der Waals surface area contributed by atoms with E-state index in [1.807, 2.05) is 42.5 Å². The van der Waals surface area contributed by atoms with Gasteiger partial charge in [-0.3, -0.25) is 14.4 Å². The van der Waals surface area contributed by atoms with Gasteiger partial charge >= 0.3 is 0 Å². The quantitative estimate of drug-likeness (QED) is 0.309. The Hall–Kier alpha value is -4.24. The predicted octanol–water partition coefficient (Wildman–Crippen LogP) is 4.61. The van der Waals surface area contributed by atoms with Gasteiger partial charge < -0.3 is 16.0 Å². The number of carbonyl (C=O) groups excluding carboxylic acids is 3. The highest BCUT2D eigenvalue weighted by Gasteiger charge is 2.36. The molecule has 0 aromatic heterocycles. The van der Waals surface area contributed by atoms with Gasteiger partial charge in [0.2, 0.25) is 17.7 Å². The third-order valence-corrected chi connectivity index (χ3v) is 8.02. The Morgan fingerprint density at radius 2 is 1.62 bits per heavy atom. The fourth-order valence-corrected chi connectivity index (χ4v) is 6.15. The van der Waals surface area contributed by atoms with E-state index >= 15 is 0 Å². The molecule has 3 amide bonds. The second kappa shape index (κ2) is 12.3. The minimum Gasteiger partial charge on any atom is -0.353 e. The monoisotopic (exact) mass is 559 g/mol. The van der Waals surface area contributed by atoms with E-state index in [9.17, 15) is 23.2 Å². The largest absolute Gasteiger partial charge is 0.353 e. The molecule has 1 heterocycles. The SMILES string of the molecule is O=C(Cc1cc(F)cc(F)c1)N[C@H](C(=O)N[C@@H]1C(=O)NCCS[C@@H]1c1cccc2ccccc12)c1ccccc1. The van der Waals surface area contributed by atoms with Crippen LogP contribution in [-0.4, -0.2) is 36.1 Å². The number of halogens is 2. The number of rotatable bonds is 7. The van der Waals surface area contributed by atoms with Crippen LogP contribution in [0.5, 0.6) is 0 Å². The van der Waals surface area contributed by atoms with Crippen LogP contribution in [0.25, 0.3) is 10.8 Å². The van der Waals surface area contributed by atoms with Crippen molar-refractivity contribution >= 4 is 40.3 Å². The third kappa shape index (κ3) is 6.31. The van der Waals surface area contributed by atoms with E-state index in [0.29, 0.717) is 17.9 Å². The van der Waals surface area contributed by atoms with Gasteiger partial charge in [-0.2, -0.15) is 0 Å². The summed E-state index contributed by atoms with van der Waals surface area (Å²) in [5.41, 5.74) is 1.57. The summed E-state index contributed by atoms with van der Waals surface area (Å²) in [5, 5.41) is 10.1. The molecule has 9 heteroatoms. The number of hydrogen-bond acceptors (Lipinski definition) is 4. The molecule has 4 aromatic carbocycles. The summed E-state index contributed by atoms with van der Waals surface area (Å²) in [6.07, 6.45) is -0.330. The Morgan fingerprint density at radius 1 is 0.925 bits per heavy atom. The van der Waals surface area contributed by atoms with Crippen LogP contribution in [0.4, 0.5) is 8.78 Å². The average molecular weight is 560 g/mol. The highest BCUT2D eigenvalue weighted by atomic mass is 32.2. The fraction of sp³-hybridized carbons (Fsp3) is 0.194. The highest BCUT2D eigenvalue weighted by Crippen LogP contribution is 2.37. The number of carbonyl (C=O) groups is 3.